The first-order valence-electron chi connectivity index (χ1n) is 7.97. The standard InChI is InChI=1S/C17H25N3O3.ClH/c1-11(2)15(17(22)19-13-8-9-18-10-13)20-16(21)12-4-6-14(23-3)7-5-12;/h4-7,11,13,15,18H,8-10H2,1-3H3,(H,19,22)(H,20,21);1H. The number of carbonyl (C=O) groups is 2. The number of methoxy groups -OCH3 is 1. The van der Waals surface area contributed by atoms with E-state index in [9.17, 15) is 9.59 Å². The molecule has 0 radical (unpaired) electrons. The molecule has 7 heteroatoms. The Hall–Kier alpha value is -1.79. The summed E-state index contributed by atoms with van der Waals surface area (Å²) < 4.78 is 5.08. The van der Waals surface area contributed by atoms with Crippen LogP contribution in [-0.2, 0) is 4.79 Å². The third-order valence-corrected chi connectivity index (χ3v) is 3.99. The zero-order valence-corrected chi connectivity index (χ0v) is 15.1. The summed E-state index contributed by atoms with van der Waals surface area (Å²) >= 11 is 0. The van der Waals surface area contributed by atoms with Crippen LogP contribution < -0.4 is 20.7 Å². The van der Waals surface area contributed by atoms with E-state index in [1.807, 2.05) is 13.8 Å². The molecule has 1 aliphatic rings. The highest BCUT2D eigenvalue weighted by molar-refractivity contribution is 5.97. The van der Waals surface area contributed by atoms with Crippen molar-refractivity contribution in [2.45, 2.75) is 32.4 Å². The number of benzene rings is 1. The number of halogens is 1. The molecule has 2 rings (SSSR count). The van der Waals surface area contributed by atoms with E-state index in [2.05, 4.69) is 16.0 Å². The largest absolute Gasteiger partial charge is 0.497 e. The van der Waals surface area contributed by atoms with Gasteiger partial charge in [-0.05, 0) is 43.1 Å². The molecule has 0 spiro atoms. The number of rotatable bonds is 6. The highest BCUT2D eigenvalue weighted by Crippen LogP contribution is 2.12. The molecule has 3 N–H and O–H groups in total. The second-order valence-corrected chi connectivity index (χ2v) is 6.12. The van der Waals surface area contributed by atoms with Gasteiger partial charge in [-0.25, -0.2) is 0 Å². The fourth-order valence-corrected chi connectivity index (χ4v) is 2.57. The van der Waals surface area contributed by atoms with Gasteiger partial charge in [0.2, 0.25) is 5.91 Å². The quantitative estimate of drug-likeness (QED) is 0.719. The van der Waals surface area contributed by atoms with E-state index in [4.69, 9.17) is 4.74 Å². The van der Waals surface area contributed by atoms with Crippen molar-refractivity contribution in [3.8, 4) is 5.75 Å². The lowest BCUT2D eigenvalue weighted by Crippen LogP contribution is -2.52. The van der Waals surface area contributed by atoms with Crippen molar-refractivity contribution in [3.63, 3.8) is 0 Å². The third kappa shape index (κ3) is 5.39. The highest BCUT2D eigenvalue weighted by Gasteiger charge is 2.27. The van der Waals surface area contributed by atoms with Crippen LogP contribution in [0.25, 0.3) is 0 Å². The third-order valence-electron chi connectivity index (χ3n) is 3.99. The van der Waals surface area contributed by atoms with Crippen LogP contribution in [0.1, 0.15) is 30.6 Å². The summed E-state index contributed by atoms with van der Waals surface area (Å²) in [5, 5.41) is 9.04. The Kier molecular flexibility index (Phi) is 8.01. The summed E-state index contributed by atoms with van der Waals surface area (Å²) in [6.45, 7) is 5.54. The molecule has 1 aromatic rings. The van der Waals surface area contributed by atoms with Crippen LogP contribution in [0.15, 0.2) is 24.3 Å². The van der Waals surface area contributed by atoms with Gasteiger partial charge in [0.1, 0.15) is 11.8 Å². The predicted molar refractivity (Wildman–Crippen MR) is 95.8 cm³/mol. The van der Waals surface area contributed by atoms with Gasteiger partial charge in [0.05, 0.1) is 7.11 Å². The molecule has 24 heavy (non-hydrogen) atoms. The molecule has 1 saturated heterocycles. The van der Waals surface area contributed by atoms with Crippen molar-refractivity contribution >= 4 is 24.2 Å². The average molecular weight is 356 g/mol. The number of hydrogen-bond acceptors (Lipinski definition) is 4. The molecule has 2 atom stereocenters. The van der Waals surface area contributed by atoms with E-state index in [1.165, 1.54) is 0 Å². The zero-order valence-electron chi connectivity index (χ0n) is 14.3. The van der Waals surface area contributed by atoms with Gasteiger partial charge in [0, 0.05) is 18.2 Å². The Labute approximate surface area is 149 Å². The summed E-state index contributed by atoms with van der Waals surface area (Å²) in [6, 6.07) is 6.41. The maximum absolute atomic E-state index is 12.4. The second kappa shape index (κ2) is 9.49. The van der Waals surface area contributed by atoms with Crippen LogP contribution in [0.5, 0.6) is 5.75 Å². The summed E-state index contributed by atoms with van der Waals surface area (Å²) in [5.74, 6) is 0.307. The molecular weight excluding hydrogens is 330 g/mol. The van der Waals surface area contributed by atoms with Crippen molar-refractivity contribution in [1.29, 1.82) is 0 Å². The van der Waals surface area contributed by atoms with Crippen LogP contribution in [-0.4, -0.2) is 44.1 Å². The molecule has 6 nitrogen and oxygen atoms in total. The number of carbonyl (C=O) groups excluding carboxylic acids is 2. The smallest absolute Gasteiger partial charge is 0.251 e. The molecule has 1 fully saturated rings. The number of amides is 2. The van der Waals surface area contributed by atoms with E-state index in [0.29, 0.717) is 11.3 Å². The van der Waals surface area contributed by atoms with Crippen molar-refractivity contribution < 1.29 is 14.3 Å². The molecule has 1 heterocycles. The second-order valence-electron chi connectivity index (χ2n) is 6.12. The molecule has 0 aromatic heterocycles. The first-order chi connectivity index (χ1) is 11.0. The SMILES string of the molecule is COc1ccc(C(=O)NC(C(=O)NC2CCNC2)C(C)C)cc1.Cl. The van der Waals surface area contributed by atoms with E-state index in [0.717, 1.165) is 19.5 Å². The first-order valence-corrected chi connectivity index (χ1v) is 7.97. The van der Waals surface area contributed by atoms with Crippen LogP contribution in [0.2, 0.25) is 0 Å². The lowest BCUT2D eigenvalue weighted by molar-refractivity contribution is -0.124. The Morgan fingerprint density at radius 3 is 2.42 bits per heavy atom. The van der Waals surface area contributed by atoms with Gasteiger partial charge < -0.3 is 20.7 Å². The predicted octanol–water partition coefficient (Wildman–Crippen LogP) is 1.35. The molecule has 0 bridgehead atoms. The monoisotopic (exact) mass is 355 g/mol. The van der Waals surface area contributed by atoms with Crippen molar-refractivity contribution in [3.05, 3.63) is 29.8 Å². The normalized spacial score (nSPS) is 17.8. The van der Waals surface area contributed by atoms with Gasteiger partial charge in [-0.2, -0.15) is 0 Å². The molecule has 2 amide bonds. The van der Waals surface area contributed by atoms with Crippen LogP contribution in [0.4, 0.5) is 0 Å². The number of nitrogens with one attached hydrogen (secondary N) is 3. The van der Waals surface area contributed by atoms with E-state index >= 15 is 0 Å². The van der Waals surface area contributed by atoms with Gasteiger partial charge in [-0.3, -0.25) is 9.59 Å². The van der Waals surface area contributed by atoms with E-state index in [1.54, 1.807) is 31.4 Å². The van der Waals surface area contributed by atoms with Gasteiger partial charge in [0.25, 0.3) is 5.91 Å². The van der Waals surface area contributed by atoms with Crippen molar-refractivity contribution in [2.24, 2.45) is 5.92 Å². The Morgan fingerprint density at radius 1 is 1.25 bits per heavy atom. The summed E-state index contributed by atoms with van der Waals surface area (Å²) in [6.07, 6.45) is 0.920. The molecule has 0 aliphatic carbocycles. The van der Waals surface area contributed by atoms with Crippen LogP contribution in [0.3, 0.4) is 0 Å². The van der Waals surface area contributed by atoms with Crippen LogP contribution >= 0.6 is 12.4 Å². The summed E-state index contributed by atoms with van der Waals surface area (Å²) in [5.41, 5.74) is 0.506. The van der Waals surface area contributed by atoms with Crippen molar-refractivity contribution in [2.75, 3.05) is 20.2 Å². The molecule has 2 unspecified atom stereocenters. The fraction of sp³-hybridized carbons (Fsp3) is 0.529. The minimum absolute atomic E-state index is 0. The van der Waals surface area contributed by atoms with E-state index in [-0.39, 0.29) is 36.2 Å². The zero-order chi connectivity index (χ0) is 16.8. The molecule has 1 aliphatic heterocycles. The topological polar surface area (TPSA) is 79.5 Å². The van der Waals surface area contributed by atoms with Gasteiger partial charge in [-0.15, -0.1) is 12.4 Å². The minimum Gasteiger partial charge on any atom is -0.497 e. The summed E-state index contributed by atoms with van der Waals surface area (Å²) in [4.78, 5) is 24.8. The van der Waals surface area contributed by atoms with Gasteiger partial charge in [0.15, 0.2) is 0 Å². The number of ether oxygens (including phenoxy) is 1. The lowest BCUT2D eigenvalue weighted by atomic mass is 10.0. The Morgan fingerprint density at radius 2 is 1.92 bits per heavy atom. The lowest BCUT2D eigenvalue weighted by Gasteiger charge is -2.23. The Bertz CT molecular complexity index is 543. The molecule has 0 saturated carbocycles. The summed E-state index contributed by atoms with van der Waals surface area (Å²) in [7, 11) is 1.58. The van der Waals surface area contributed by atoms with Crippen molar-refractivity contribution in [1.82, 2.24) is 16.0 Å². The van der Waals surface area contributed by atoms with Gasteiger partial charge in [-0.1, -0.05) is 13.8 Å². The fourth-order valence-electron chi connectivity index (χ4n) is 2.57. The number of hydrogen-bond donors (Lipinski definition) is 3. The maximum atomic E-state index is 12.4. The average Bonchev–Trinajstić information content (AvgIpc) is 3.04. The maximum Gasteiger partial charge on any atom is 0.251 e. The molecule has 1 aromatic carbocycles. The highest BCUT2D eigenvalue weighted by atomic mass is 35.5. The van der Waals surface area contributed by atoms with Gasteiger partial charge >= 0.3 is 0 Å². The van der Waals surface area contributed by atoms with E-state index < -0.39 is 6.04 Å². The Balaban J connectivity index is 0.00000288. The molecular formula is C17H26ClN3O3. The van der Waals surface area contributed by atoms with Crippen LogP contribution in [0, 0.1) is 5.92 Å². The molecule has 134 valence electrons. The first kappa shape index (κ1) is 20.3. The minimum atomic E-state index is -0.551.